The molecule has 2 heterocycles. The van der Waals surface area contributed by atoms with E-state index in [0.717, 1.165) is 24.9 Å². The first-order chi connectivity index (χ1) is 10.0. The molecule has 1 aromatic carbocycles. The summed E-state index contributed by atoms with van der Waals surface area (Å²) in [4.78, 5) is 26.4. The van der Waals surface area contributed by atoms with Gasteiger partial charge in [0.15, 0.2) is 5.76 Å². The molecule has 0 radical (unpaired) electrons. The summed E-state index contributed by atoms with van der Waals surface area (Å²) in [6, 6.07) is 8.84. The van der Waals surface area contributed by atoms with Crippen LogP contribution in [0.25, 0.3) is 10.8 Å². The van der Waals surface area contributed by atoms with Crippen molar-refractivity contribution in [3.8, 4) is 0 Å². The highest BCUT2D eigenvalue weighted by Gasteiger charge is 2.27. The van der Waals surface area contributed by atoms with Crippen molar-refractivity contribution in [3.63, 3.8) is 0 Å². The molecule has 1 fully saturated rings. The molecule has 1 aliphatic heterocycles. The van der Waals surface area contributed by atoms with E-state index in [2.05, 4.69) is 13.8 Å². The van der Waals surface area contributed by atoms with E-state index in [-0.39, 0.29) is 11.7 Å². The van der Waals surface area contributed by atoms with Crippen LogP contribution in [-0.2, 0) is 0 Å². The predicted octanol–water partition coefficient (Wildman–Crippen LogP) is 2.91. The molecule has 0 spiro atoms. The molecule has 0 bridgehead atoms. The Morgan fingerprint density at radius 2 is 1.86 bits per heavy atom. The SMILES string of the molecule is C[C@H]1C[C@H](C)CN(C(=O)c2cc3ccccc3c(=O)o2)C1. The lowest BCUT2D eigenvalue weighted by molar-refractivity contribution is 0.0587. The van der Waals surface area contributed by atoms with Crippen molar-refractivity contribution < 1.29 is 9.21 Å². The van der Waals surface area contributed by atoms with E-state index in [1.165, 1.54) is 0 Å². The van der Waals surface area contributed by atoms with Crippen molar-refractivity contribution in [3.05, 3.63) is 46.5 Å². The van der Waals surface area contributed by atoms with Gasteiger partial charge in [-0.25, -0.2) is 4.79 Å². The summed E-state index contributed by atoms with van der Waals surface area (Å²) >= 11 is 0. The maximum absolute atomic E-state index is 12.6. The smallest absolute Gasteiger partial charge is 0.344 e. The lowest BCUT2D eigenvalue weighted by Gasteiger charge is -2.34. The standard InChI is InChI=1S/C17H19NO3/c1-11-7-12(2)10-18(9-11)16(19)15-8-13-5-3-4-6-14(13)17(20)21-15/h3-6,8,11-12H,7,9-10H2,1-2H3/t11-,12-/m0/s1. The Morgan fingerprint density at radius 1 is 1.19 bits per heavy atom. The van der Waals surface area contributed by atoms with E-state index in [0.29, 0.717) is 17.2 Å². The molecule has 110 valence electrons. The van der Waals surface area contributed by atoms with Gasteiger partial charge >= 0.3 is 5.63 Å². The molecule has 0 saturated carbocycles. The predicted molar refractivity (Wildman–Crippen MR) is 81.3 cm³/mol. The van der Waals surface area contributed by atoms with Gasteiger partial charge in [0.1, 0.15) is 0 Å². The van der Waals surface area contributed by atoms with Gasteiger partial charge in [-0.2, -0.15) is 0 Å². The van der Waals surface area contributed by atoms with Crippen LogP contribution in [0.2, 0.25) is 0 Å². The topological polar surface area (TPSA) is 50.5 Å². The maximum atomic E-state index is 12.6. The Balaban J connectivity index is 1.96. The van der Waals surface area contributed by atoms with E-state index in [1.54, 1.807) is 23.1 Å². The first-order valence-corrected chi connectivity index (χ1v) is 7.36. The fraction of sp³-hybridized carbons (Fsp3) is 0.412. The van der Waals surface area contributed by atoms with Crippen molar-refractivity contribution >= 4 is 16.7 Å². The second kappa shape index (κ2) is 5.35. The quantitative estimate of drug-likeness (QED) is 0.809. The number of carbonyl (C=O) groups is 1. The zero-order valence-electron chi connectivity index (χ0n) is 12.3. The summed E-state index contributed by atoms with van der Waals surface area (Å²) in [5.41, 5.74) is -0.449. The third-order valence-corrected chi connectivity index (χ3v) is 4.04. The average Bonchev–Trinajstić information content (AvgIpc) is 2.45. The number of hydrogen-bond acceptors (Lipinski definition) is 3. The summed E-state index contributed by atoms with van der Waals surface area (Å²) < 4.78 is 5.23. The molecule has 0 N–H and O–H groups in total. The summed E-state index contributed by atoms with van der Waals surface area (Å²) in [6.07, 6.45) is 1.13. The Bertz CT molecular complexity index is 724. The molecule has 4 heteroatoms. The molecular formula is C17H19NO3. The lowest BCUT2D eigenvalue weighted by Crippen LogP contribution is -2.42. The molecule has 4 nitrogen and oxygen atoms in total. The van der Waals surface area contributed by atoms with Gasteiger partial charge in [-0.1, -0.05) is 32.0 Å². The van der Waals surface area contributed by atoms with Crippen molar-refractivity contribution in [2.24, 2.45) is 11.8 Å². The molecule has 2 atom stereocenters. The lowest BCUT2D eigenvalue weighted by atomic mass is 9.92. The van der Waals surface area contributed by atoms with Crippen molar-refractivity contribution in [2.75, 3.05) is 13.1 Å². The minimum absolute atomic E-state index is 0.139. The number of hydrogen-bond donors (Lipinski definition) is 0. The Hall–Kier alpha value is -2.10. The molecule has 21 heavy (non-hydrogen) atoms. The van der Waals surface area contributed by atoms with E-state index in [4.69, 9.17) is 4.42 Å². The monoisotopic (exact) mass is 285 g/mol. The van der Waals surface area contributed by atoms with Crippen LogP contribution in [0.15, 0.2) is 39.5 Å². The van der Waals surface area contributed by atoms with Crippen LogP contribution in [0, 0.1) is 11.8 Å². The second-order valence-electron chi connectivity index (χ2n) is 6.14. The zero-order chi connectivity index (χ0) is 15.0. The zero-order valence-corrected chi connectivity index (χ0v) is 12.3. The molecule has 2 aromatic rings. The first-order valence-electron chi connectivity index (χ1n) is 7.36. The Kier molecular flexibility index (Phi) is 3.53. The van der Waals surface area contributed by atoms with Crippen LogP contribution in [-0.4, -0.2) is 23.9 Å². The highest BCUT2D eigenvalue weighted by atomic mass is 16.4. The minimum atomic E-state index is -0.449. The summed E-state index contributed by atoms with van der Waals surface area (Å²) in [6.45, 7) is 5.73. The molecule has 0 aliphatic carbocycles. The van der Waals surface area contributed by atoms with E-state index < -0.39 is 5.63 Å². The van der Waals surface area contributed by atoms with Crippen LogP contribution < -0.4 is 5.63 Å². The van der Waals surface area contributed by atoms with Crippen molar-refractivity contribution in [2.45, 2.75) is 20.3 Å². The molecule has 1 amide bonds. The van der Waals surface area contributed by atoms with Crippen LogP contribution in [0.4, 0.5) is 0 Å². The number of piperidine rings is 1. The van der Waals surface area contributed by atoms with Gasteiger partial charge in [-0.15, -0.1) is 0 Å². The summed E-state index contributed by atoms with van der Waals surface area (Å²) in [7, 11) is 0. The normalized spacial score (nSPS) is 22.5. The van der Waals surface area contributed by atoms with Gasteiger partial charge < -0.3 is 9.32 Å². The number of benzene rings is 1. The Labute approximate surface area is 123 Å². The fourth-order valence-corrected chi connectivity index (χ4v) is 3.22. The largest absolute Gasteiger partial charge is 0.417 e. The minimum Gasteiger partial charge on any atom is -0.417 e. The van der Waals surface area contributed by atoms with E-state index >= 15 is 0 Å². The molecule has 1 saturated heterocycles. The number of nitrogens with zero attached hydrogens (tertiary/aromatic N) is 1. The third kappa shape index (κ3) is 2.71. The van der Waals surface area contributed by atoms with Gasteiger partial charge in [-0.3, -0.25) is 4.79 Å². The number of carbonyl (C=O) groups excluding carboxylic acids is 1. The van der Waals surface area contributed by atoms with Crippen molar-refractivity contribution in [1.29, 1.82) is 0 Å². The van der Waals surface area contributed by atoms with Crippen LogP contribution in [0.3, 0.4) is 0 Å². The highest BCUT2D eigenvalue weighted by molar-refractivity contribution is 5.95. The molecule has 1 aromatic heterocycles. The molecule has 0 unspecified atom stereocenters. The van der Waals surface area contributed by atoms with Crippen LogP contribution in [0.1, 0.15) is 30.8 Å². The Morgan fingerprint density at radius 3 is 2.57 bits per heavy atom. The van der Waals surface area contributed by atoms with E-state index in [9.17, 15) is 9.59 Å². The van der Waals surface area contributed by atoms with Gasteiger partial charge in [-0.05, 0) is 35.8 Å². The molecule has 3 rings (SSSR count). The number of rotatable bonds is 1. The highest BCUT2D eigenvalue weighted by Crippen LogP contribution is 2.23. The first kappa shape index (κ1) is 13.9. The summed E-state index contributed by atoms with van der Waals surface area (Å²) in [5.74, 6) is 0.908. The molecule has 1 aliphatic rings. The second-order valence-corrected chi connectivity index (χ2v) is 6.14. The third-order valence-electron chi connectivity index (χ3n) is 4.04. The van der Waals surface area contributed by atoms with Gasteiger partial charge in [0.2, 0.25) is 0 Å². The fourth-order valence-electron chi connectivity index (χ4n) is 3.22. The maximum Gasteiger partial charge on any atom is 0.344 e. The van der Waals surface area contributed by atoms with Gasteiger partial charge in [0.25, 0.3) is 5.91 Å². The van der Waals surface area contributed by atoms with E-state index in [1.807, 2.05) is 12.1 Å². The average molecular weight is 285 g/mol. The summed E-state index contributed by atoms with van der Waals surface area (Å²) in [5, 5.41) is 1.25. The van der Waals surface area contributed by atoms with Crippen molar-refractivity contribution in [1.82, 2.24) is 4.90 Å². The van der Waals surface area contributed by atoms with Gasteiger partial charge in [0.05, 0.1) is 5.39 Å². The molecular weight excluding hydrogens is 266 g/mol. The van der Waals surface area contributed by atoms with Crippen LogP contribution >= 0.6 is 0 Å². The number of amides is 1. The van der Waals surface area contributed by atoms with Gasteiger partial charge in [0, 0.05) is 13.1 Å². The number of fused-ring (bicyclic) bond motifs is 1. The number of likely N-dealkylation sites (tertiary alicyclic amines) is 1. The van der Waals surface area contributed by atoms with Crippen LogP contribution in [0.5, 0.6) is 0 Å².